The molecule has 0 aliphatic carbocycles. The number of piperidine rings is 1. The molecule has 2 N–H and O–H groups in total. The lowest BCUT2D eigenvalue weighted by Crippen LogP contribution is -2.44. The van der Waals surface area contributed by atoms with Gasteiger partial charge in [0.05, 0.1) is 42.0 Å². The molecule has 2 aromatic carbocycles. The van der Waals surface area contributed by atoms with Crippen molar-refractivity contribution in [2.45, 2.75) is 63.6 Å². The van der Waals surface area contributed by atoms with Crippen molar-refractivity contribution in [1.29, 1.82) is 0 Å². The fourth-order valence-corrected chi connectivity index (χ4v) is 4.30. The van der Waals surface area contributed by atoms with E-state index in [0.29, 0.717) is 19.8 Å². The van der Waals surface area contributed by atoms with E-state index in [4.69, 9.17) is 35.6 Å². The van der Waals surface area contributed by atoms with Crippen LogP contribution in [0.15, 0.2) is 60.7 Å². The fourth-order valence-electron chi connectivity index (χ4n) is 4.02. The van der Waals surface area contributed by atoms with Gasteiger partial charge in [-0.3, -0.25) is 9.08 Å². The molecule has 0 radical (unpaired) electrons. The number of hydrogen-bond donors (Lipinski definition) is 1. The third kappa shape index (κ3) is 11.5. The van der Waals surface area contributed by atoms with Crippen LogP contribution < -0.4 is 5.73 Å². The maximum atomic E-state index is 11.0. The maximum absolute atomic E-state index is 11.0. The summed E-state index contributed by atoms with van der Waals surface area (Å²) in [5.74, 6) is -2.63. The summed E-state index contributed by atoms with van der Waals surface area (Å²) in [5, 5.41) is 0. The van der Waals surface area contributed by atoms with Crippen LogP contribution in [0, 0.1) is 0 Å². The molecule has 0 unspecified atom stereocenters. The minimum Gasteiger partial charge on any atom is -0.347 e. The molecular formula is C30H46N2O7S. The van der Waals surface area contributed by atoms with E-state index in [1.807, 2.05) is 60.7 Å². The van der Waals surface area contributed by atoms with E-state index >= 15 is 0 Å². The van der Waals surface area contributed by atoms with Crippen LogP contribution in [0.4, 0.5) is 0 Å². The van der Waals surface area contributed by atoms with Gasteiger partial charge in [0.15, 0.2) is 11.6 Å². The summed E-state index contributed by atoms with van der Waals surface area (Å²) in [6.45, 7) is -2.83. The zero-order chi connectivity index (χ0) is 35.9. The highest BCUT2D eigenvalue weighted by molar-refractivity contribution is 7.85. The molecule has 40 heavy (non-hydrogen) atoms. The van der Waals surface area contributed by atoms with E-state index in [0.717, 1.165) is 11.8 Å². The van der Waals surface area contributed by atoms with E-state index < -0.39 is 54.0 Å². The van der Waals surface area contributed by atoms with Crippen molar-refractivity contribution in [3.63, 3.8) is 0 Å². The third-order valence-corrected chi connectivity index (χ3v) is 6.39. The largest absolute Gasteiger partial charge is 0.347 e. The van der Waals surface area contributed by atoms with Gasteiger partial charge in [-0.2, -0.15) is 8.42 Å². The van der Waals surface area contributed by atoms with E-state index in [-0.39, 0.29) is 39.0 Å². The smallest absolute Gasteiger partial charge is 0.264 e. The highest BCUT2D eigenvalue weighted by Gasteiger charge is 2.39. The Morgan fingerprint density at radius 2 is 1.43 bits per heavy atom. The molecule has 224 valence electrons. The van der Waals surface area contributed by atoms with Crippen molar-refractivity contribution in [2.24, 2.45) is 5.73 Å². The average Bonchev–Trinajstić information content (AvgIpc) is 3.58. The summed E-state index contributed by atoms with van der Waals surface area (Å²) < 4.78 is 111. The molecule has 5 rings (SSSR count). The topological polar surface area (TPSA) is 110 Å². The molecule has 1 spiro atoms. The van der Waals surface area contributed by atoms with Crippen LogP contribution in [0.5, 0.6) is 0 Å². The average molecular weight is 587 g/mol. The van der Waals surface area contributed by atoms with Gasteiger partial charge in [-0.25, -0.2) is 0 Å². The quantitative estimate of drug-likeness (QED) is 0.435. The molecule has 3 fully saturated rings. The summed E-state index contributed by atoms with van der Waals surface area (Å²) in [6.07, 6.45) is -1.61. The van der Waals surface area contributed by atoms with Crippen LogP contribution in [0.1, 0.15) is 61.1 Å². The van der Waals surface area contributed by atoms with Crippen LogP contribution in [0.25, 0.3) is 0 Å². The molecule has 3 aliphatic heterocycles. The molecule has 9 nitrogen and oxygen atoms in total. The van der Waals surface area contributed by atoms with Crippen molar-refractivity contribution in [2.75, 3.05) is 52.2 Å². The Bertz CT molecular complexity index is 1370. The minimum atomic E-state index is -3.97. The maximum Gasteiger partial charge on any atom is 0.264 e. The van der Waals surface area contributed by atoms with Crippen LogP contribution in [0.3, 0.4) is 0 Å². The Balaban J connectivity index is 0.000000213. The van der Waals surface area contributed by atoms with Crippen molar-refractivity contribution in [1.82, 2.24) is 4.90 Å². The first-order valence-electron chi connectivity index (χ1n) is 17.1. The highest BCUT2D eigenvalue weighted by Crippen LogP contribution is 2.31. The molecule has 2 aromatic rings. The number of nitrogens with zero attached hydrogens (tertiary/aromatic N) is 1. The van der Waals surface area contributed by atoms with E-state index in [2.05, 4.69) is 4.18 Å². The predicted octanol–water partition coefficient (Wildman–Crippen LogP) is 4.07. The molecule has 3 aliphatic rings. The lowest BCUT2D eigenvalue weighted by Gasteiger charge is -2.37. The Morgan fingerprint density at radius 3 is 1.90 bits per heavy atom. The second-order valence-electron chi connectivity index (χ2n) is 9.29. The van der Waals surface area contributed by atoms with Gasteiger partial charge in [0.2, 0.25) is 0 Å². The Labute approximate surface area is 251 Å². The Morgan fingerprint density at radius 1 is 0.900 bits per heavy atom. The first kappa shape index (κ1) is 22.7. The van der Waals surface area contributed by atoms with E-state index in [9.17, 15) is 8.42 Å². The zero-order valence-corrected chi connectivity index (χ0v) is 24.0. The molecule has 3 heterocycles. The number of hydrogen-bond acceptors (Lipinski definition) is 9. The third-order valence-electron chi connectivity index (χ3n) is 5.97. The van der Waals surface area contributed by atoms with Crippen LogP contribution in [-0.2, 0) is 46.3 Å². The van der Waals surface area contributed by atoms with Gasteiger partial charge in [-0.15, -0.1) is 0 Å². The van der Waals surface area contributed by atoms with Gasteiger partial charge in [-0.05, 0) is 11.1 Å². The van der Waals surface area contributed by atoms with Crippen molar-refractivity contribution < 1.29 is 42.5 Å². The van der Waals surface area contributed by atoms with E-state index in [1.54, 1.807) is 0 Å². The number of nitrogens with two attached hydrogens (primary N) is 1. The molecule has 3 saturated heterocycles. The lowest BCUT2D eigenvalue weighted by atomic mass is 10.0. The Hall–Kier alpha value is -1.89. The number of ether oxygens (including phenoxy) is 4. The van der Waals surface area contributed by atoms with Crippen LogP contribution in [-0.4, -0.2) is 77.1 Å². The normalized spacial score (nSPS) is 26.1. The lowest BCUT2D eigenvalue weighted by molar-refractivity contribution is -0.185. The number of rotatable bonds is 9. The minimum absolute atomic E-state index is 0.0202. The van der Waals surface area contributed by atoms with Gasteiger partial charge < -0.3 is 24.7 Å². The predicted molar refractivity (Wildman–Crippen MR) is 155 cm³/mol. The first-order valence-corrected chi connectivity index (χ1v) is 14.9. The summed E-state index contributed by atoms with van der Waals surface area (Å²) in [6, 6.07) is 19.4. The van der Waals surface area contributed by atoms with E-state index in [1.165, 1.54) is 17.4 Å². The first-order chi connectivity index (χ1) is 22.1. The van der Waals surface area contributed by atoms with Gasteiger partial charge >= 0.3 is 0 Å². The summed E-state index contributed by atoms with van der Waals surface area (Å²) in [5.41, 5.74) is 7.42. The molecule has 0 aromatic heterocycles. The van der Waals surface area contributed by atoms with Gasteiger partial charge in [0.1, 0.15) is 0 Å². The van der Waals surface area contributed by atoms with Crippen molar-refractivity contribution >= 4 is 10.1 Å². The molecule has 0 bridgehead atoms. The van der Waals surface area contributed by atoms with Gasteiger partial charge in [0, 0.05) is 60.0 Å². The molecule has 0 amide bonds. The van der Waals surface area contributed by atoms with Crippen LogP contribution >= 0.6 is 0 Å². The summed E-state index contributed by atoms with van der Waals surface area (Å²) >= 11 is 0. The number of benzene rings is 2. The molecule has 0 saturated carbocycles. The van der Waals surface area contributed by atoms with Crippen LogP contribution in [0.2, 0.25) is 0 Å². The molecular weight excluding hydrogens is 532 g/mol. The van der Waals surface area contributed by atoms with Crippen molar-refractivity contribution in [3.05, 3.63) is 71.8 Å². The van der Waals surface area contributed by atoms with Gasteiger partial charge in [-0.1, -0.05) is 74.0 Å². The standard InChI is InChI=1S/C14H19NO2.C9H18O5S.C7H9N/c1-2-4-13(5-3-1)12-15-8-6-14(7-9-15)16-10-11-17-14;1-3-4-9(12-7-8-13-9)5-6-14-15(2,10)11;8-6-7-4-2-1-3-5-7/h1-5H,6-12H2;3-8H2,1-2H3;1-5H,6,8H2/i8D2,9D2;3D2,6D2;. The zero-order valence-electron chi connectivity index (χ0n) is 31.1. The molecule has 0 atom stereocenters. The fraction of sp³-hybridized carbons (Fsp3) is 0.600. The highest BCUT2D eigenvalue weighted by atomic mass is 32.2. The van der Waals surface area contributed by atoms with Gasteiger partial charge in [0.25, 0.3) is 10.1 Å². The second kappa shape index (κ2) is 16.5. The second-order valence-corrected chi connectivity index (χ2v) is 10.9. The molecule has 10 heteroatoms. The SMILES string of the molecule is NCc1ccccc1.[2H]C([2H])(C)CC1(CC([2H])([2H])OS(C)(=O)=O)OCCO1.[2H]C1([2H])CC2(CC([2H])([2H])N1Cc1ccccc1)OCCO2. The summed E-state index contributed by atoms with van der Waals surface area (Å²) in [4.78, 5) is 1.27. The number of likely N-dealkylation sites (tertiary alicyclic amines) is 1. The van der Waals surface area contributed by atoms with Crippen molar-refractivity contribution in [3.8, 4) is 0 Å². The Kier molecular flexibility index (Phi) is 9.37. The summed E-state index contributed by atoms with van der Waals surface area (Å²) in [7, 11) is -3.97. The monoisotopic (exact) mass is 586 g/mol.